The number of aryl methyl sites for hydroxylation is 2. The van der Waals surface area contributed by atoms with E-state index in [9.17, 15) is 4.79 Å². The van der Waals surface area contributed by atoms with Crippen LogP contribution in [0.25, 0.3) is 0 Å². The Bertz CT molecular complexity index is 678. The maximum absolute atomic E-state index is 12.4. The molecule has 0 radical (unpaired) electrons. The number of carbonyl (C=O) groups excluding carboxylic acids is 1. The Labute approximate surface area is 149 Å². The van der Waals surface area contributed by atoms with Gasteiger partial charge in [-0.1, -0.05) is 55.8 Å². The van der Waals surface area contributed by atoms with E-state index in [0.717, 1.165) is 29.1 Å². The van der Waals surface area contributed by atoms with Crippen LogP contribution in [0.5, 0.6) is 0 Å². The molecule has 1 atom stereocenters. The second-order valence-corrected chi connectivity index (χ2v) is 6.43. The van der Waals surface area contributed by atoms with Gasteiger partial charge < -0.3 is 10.6 Å². The Morgan fingerprint density at radius 1 is 1.12 bits per heavy atom. The zero-order valence-electron chi connectivity index (χ0n) is 14.6. The van der Waals surface area contributed by atoms with Crippen molar-refractivity contribution in [3.8, 4) is 0 Å². The Morgan fingerprint density at radius 3 is 2.33 bits per heavy atom. The van der Waals surface area contributed by atoms with E-state index in [4.69, 9.17) is 11.6 Å². The third kappa shape index (κ3) is 4.83. The Morgan fingerprint density at radius 2 is 1.75 bits per heavy atom. The van der Waals surface area contributed by atoms with E-state index < -0.39 is 0 Å². The van der Waals surface area contributed by atoms with Gasteiger partial charge in [0.1, 0.15) is 6.04 Å². The minimum atomic E-state index is 0.0273. The highest BCUT2D eigenvalue weighted by Crippen LogP contribution is 2.22. The second kappa shape index (κ2) is 8.86. The van der Waals surface area contributed by atoms with Crippen LogP contribution < -0.4 is 10.6 Å². The van der Waals surface area contributed by atoms with Gasteiger partial charge in [0.25, 0.3) is 5.91 Å². The van der Waals surface area contributed by atoms with Crippen LogP contribution in [0.4, 0.5) is 5.69 Å². The molecule has 24 heavy (non-hydrogen) atoms. The number of nitrogens with two attached hydrogens (primary N) is 1. The standard InChI is InChI=1S/C20H25ClN2O/c1-4-15-8-6-9-16(5-2)20(15)23-19(24)13-22-14(3)17-10-7-11-18(21)12-17/h6-12,14,22H,4-5,13H2,1-3H3,(H,23,24)/p+1/t14-/m1/s1. The molecule has 0 aliphatic carbocycles. The van der Waals surface area contributed by atoms with Crippen molar-refractivity contribution in [2.45, 2.75) is 39.7 Å². The molecule has 0 spiro atoms. The van der Waals surface area contributed by atoms with Crippen molar-refractivity contribution in [3.05, 3.63) is 64.2 Å². The number of nitrogens with one attached hydrogen (secondary N) is 1. The number of para-hydroxylation sites is 1. The quantitative estimate of drug-likeness (QED) is 0.789. The molecule has 0 saturated heterocycles. The molecule has 0 saturated carbocycles. The van der Waals surface area contributed by atoms with Crippen molar-refractivity contribution in [3.63, 3.8) is 0 Å². The maximum atomic E-state index is 12.4. The number of amides is 1. The van der Waals surface area contributed by atoms with Crippen molar-refractivity contribution in [1.82, 2.24) is 0 Å². The maximum Gasteiger partial charge on any atom is 0.279 e. The van der Waals surface area contributed by atoms with Crippen LogP contribution in [0.1, 0.15) is 43.5 Å². The molecular formula is C20H26ClN2O+. The number of hydrogen-bond acceptors (Lipinski definition) is 1. The van der Waals surface area contributed by atoms with Crippen LogP contribution in [0.15, 0.2) is 42.5 Å². The number of carbonyl (C=O) groups is 1. The third-order valence-corrected chi connectivity index (χ3v) is 4.53. The van der Waals surface area contributed by atoms with Crippen LogP contribution in [0.3, 0.4) is 0 Å². The predicted octanol–water partition coefficient (Wildman–Crippen LogP) is 3.73. The molecule has 1 amide bonds. The van der Waals surface area contributed by atoms with E-state index in [1.807, 2.05) is 29.6 Å². The SMILES string of the molecule is CCc1cccc(CC)c1NC(=O)C[NH2+][C@H](C)c1cccc(Cl)c1. The number of benzene rings is 2. The fraction of sp³-hybridized carbons (Fsp3) is 0.350. The average Bonchev–Trinajstić information content (AvgIpc) is 2.59. The minimum Gasteiger partial charge on any atom is -0.333 e. The van der Waals surface area contributed by atoms with Crippen molar-refractivity contribution >= 4 is 23.2 Å². The summed E-state index contributed by atoms with van der Waals surface area (Å²) in [5, 5.41) is 5.86. The monoisotopic (exact) mass is 345 g/mol. The molecule has 0 aliphatic heterocycles. The van der Waals surface area contributed by atoms with Crippen molar-refractivity contribution in [2.24, 2.45) is 0 Å². The summed E-state index contributed by atoms with van der Waals surface area (Å²) in [6.45, 7) is 6.68. The zero-order chi connectivity index (χ0) is 17.5. The Balaban J connectivity index is 1.99. The van der Waals surface area contributed by atoms with Gasteiger partial charge in [-0.15, -0.1) is 0 Å². The van der Waals surface area contributed by atoms with Crippen LogP contribution in [-0.4, -0.2) is 12.5 Å². The summed E-state index contributed by atoms with van der Waals surface area (Å²) in [4.78, 5) is 12.4. The lowest BCUT2D eigenvalue weighted by atomic mass is 10.0. The predicted molar refractivity (Wildman–Crippen MR) is 100 cm³/mol. The summed E-state index contributed by atoms with van der Waals surface area (Å²) in [6, 6.07) is 14.2. The van der Waals surface area contributed by atoms with Crippen LogP contribution in [-0.2, 0) is 17.6 Å². The fourth-order valence-corrected chi connectivity index (χ4v) is 3.00. The third-order valence-electron chi connectivity index (χ3n) is 4.29. The van der Waals surface area contributed by atoms with E-state index in [0.29, 0.717) is 6.54 Å². The molecule has 2 aromatic rings. The number of anilines is 1. The van der Waals surface area contributed by atoms with Gasteiger partial charge in [-0.3, -0.25) is 4.79 Å². The first-order valence-corrected chi connectivity index (χ1v) is 8.92. The summed E-state index contributed by atoms with van der Waals surface area (Å²) in [7, 11) is 0. The van der Waals surface area contributed by atoms with E-state index in [-0.39, 0.29) is 11.9 Å². The Kier molecular flexibility index (Phi) is 6.83. The normalized spacial score (nSPS) is 12.0. The number of halogens is 1. The largest absolute Gasteiger partial charge is 0.333 e. The molecule has 0 heterocycles. The summed E-state index contributed by atoms with van der Waals surface area (Å²) < 4.78 is 0. The minimum absolute atomic E-state index is 0.0273. The smallest absolute Gasteiger partial charge is 0.279 e. The average molecular weight is 346 g/mol. The van der Waals surface area contributed by atoms with E-state index in [1.165, 1.54) is 11.1 Å². The first-order valence-electron chi connectivity index (χ1n) is 8.54. The van der Waals surface area contributed by atoms with E-state index in [1.54, 1.807) is 0 Å². The molecule has 2 rings (SSSR count). The molecule has 3 N–H and O–H groups in total. The highest BCUT2D eigenvalue weighted by Gasteiger charge is 2.14. The first-order chi connectivity index (χ1) is 11.5. The molecule has 4 heteroatoms. The van der Waals surface area contributed by atoms with Crippen molar-refractivity contribution in [2.75, 3.05) is 11.9 Å². The zero-order valence-corrected chi connectivity index (χ0v) is 15.4. The van der Waals surface area contributed by atoms with Gasteiger partial charge in [-0.25, -0.2) is 0 Å². The van der Waals surface area contributed by atoms with E-state index >= 15 is 0 Å². The summed E-state index contributed by atoms with van der Waals surface area (Å²) in [5.41, 5.74) is 4.48. The molecule has 0 fully saturated rings. The lowest BCUT2D eigenvalue weighted by Gasteiger charge is -2.15. The highest BCUT2D eigenvalue weighted by molar-refractivity contribution is 6.30. The second-order valence-electron chi connectivity index (χ2n) is 5.99. The van der Waals surface area contributed by atoms with Gasteiger partial charge in [-0.05, 0) is 43.0 Å². The van der Waals surface area contributed by atoms with Gasteiger partial charge in [0.2, 0.25) is 0 Å². The van der Waals surface area contributed by atoms with Gasteiger partial charge in [0.05, 0.1) is 0 Å². The van der Waals surface area contributed by atoms with Gasteiger partial charge in [0, 0.05) is 16.3 Å². The van der Waals surface area contributed by atoms with Crippen LogP contribution in [0, 0.1) is 0 Å². The molecule has 0 aromatic heterocycles. The van der Waals surface area contributed by atoms with Crippen LogP contribution in [0.2, 0.25) is 5.02 Å². The summed E-state index contributed by atoms with van der Waals surface area (Å²) in [6.07, 6.45) is 1.82. The van der Waals surface area contributed by atoms with Gasteiger partial charge in [0.15, 0.2) is 6.54 Å². The first kappa shape index (κ1) is 18.5. The summed E-state index contributed by atoms with van der Waals surface area (Å²) >= 11 is 6.03. The molecule has 3 nitrogen and oxygen atoms in total. The number of rotatable bonds is 7. The molecular weight excluding hydrogens is 320 g/mol. The topological polar surface area (TPSA) is 45.7 Å². The molecule has 0 bridgehead atoms. The lowest BCUT2D eigenvalue weighted by molar-refractivity contribution is -0.682. The van der Waals surface area contributed by atoms with Crippen molar-refractivity contribution < 1.29 is 10.1 Å². The number of hydrogen-bond donors (Lipinski definition) is 2. The molecule has 0 aliphatic rings. The fourth-order valence-electron chi connectivity index (χ4n) is 2.80. The van der Waals surface area contributed by atoms with Gasteiger partial charge >= 0.3 is 0 Å². The number of quaternary nitrogens is 1. The Hall–Kier alpha value is -1.84. The van der Waals surface area contributed by atoms with E-state index in [2.05, 4.69) is 44.3 Å². The summed E-state index contributed by atoms with van der Waals surface area (Å²) in [5.74, 6) is 0.0273. The molecule has 128 valence electrons. The van der Waals surface area contributed by atoms with Crippen molar-refractivity contribution in [1.29, 1.82) is 0 Å². The lowest BCUT2D eigenvalue weighted by Crippen LogP contribution is -2.86. The van der Waals surface area contributed by atoms with Gasteiger partial charge in [-0.2, -0.15) is 0 Å². The molecule has 2 aromatic carbocycles. The van der Waals surface area contributed by atoms with Crippen LogP contribution >= 0.6 is 11.6 Å². The highest BCUT2D eigenvalue weighted by atomic mass is 35.5. The molecule has 0 unspecified atom stereocenters.